The number of aromatic amines is 1. The second-order valence-electron chi connectivity index (χ2n) is 8.33. The number of fused-ring (bicyclic) bond motifs is 1. The third-order valence-electron chi connectivity index (χ3n) is 6.19. The van der Waals surface area contributed by atoms with E-state index in [2.05, 4.69) is 29.2 Å². The fourth-order valence-corrected chi connectivity index (χ4v) is 5.13. The monoisotopic (exact) mass is 485 g/mol. The lowest BCUT2D eigenvalue weighted by molar-refractivity contribution is -0.129. The third-order valence-corrected chi connectivity index (χ3v) is 7.05. The van der Waals surface area contributed by atoms with Crippen LogP contribution in [0.4, 0.5) is 0 Å². The van der Waals surface area contributed by atoms with E-state index >= 15 is 0 Å². The van der Waals surface area contributed by atoms with Gasteiger partial charge < -0.3 is 19.4 Å². The molecule has 3 aromatic carbocycles. The summed E-state index contributed by atoms with van der Waals surface area (Å²) in [6.07, 6.45) is 0.795. The Morgan fingerprint density at radius 1 is 0.943 bits per heavy atom. The topological polar surface area (TPSA) is 67.5 Å². The fourth-order valence-electron chi connectivity index (χ4n) is 4.36. The van der Waals surface area contributed by atoms with Crippen molar-refractivity contribution in [3.63, 3.8) is 0 Å². The van der Waals surface area contributed by atoms with E-state index in [1.54, 1.807) is 14.2 Å². The molecule has 0 unspecified atom stereocenters. The summed E-state index contributed by atoms with van der Waals surface area (Å²) in [7, 11) is 3.27. The molecule has 0 fully saturated rings. The highest BCUT2D eigenvalue weighted by atomic mass is 32.2. The number of H-pyrrole nitrogens is 1. The van der Waals surface area contributed by atoms with Crippen LogP contribution in [0.3, 0.4) is 0 Å². The number of nitrogens with zero attached hydrogens (tertiary/aromatic N) is 2. The van der Waals surface area contributed by atoms with Crippen molar-refractivity contribution in [1.82, 2.24) is 14.9 Å². The molecule has 1 aromatic heterocycles. The molecular weight excluding hydrogens is 458 g/mol. The lowest BCUT2D eigenvalue weighted by atomic mass is 9.99. The highest BCUT2D eigenvalue weighted by molar-refractivity contribution is 7.99. The Bertz CT molecular complexity index is 1270. The second-order valence-corrected chi connectivity index (χ2v) is 9.29. The van der Waals surface area contributed by atoms with Crippen molar-refractivity contribution < 1.29 is 14.3 Å². The van der Waals surface area contributed by atoms with Crippen LogP contribution in [0.15, 0.2) is 78.0 Å². The molecule has 5 rings (SSSR count). The minimum absolute atomic E-state index is 0.0920. The van der Waals surface area contributed by atoms with E-state index in [4.69, 9.17) is 14.5 Å². The average molecular weight is 486 g/mol. The Kier molecular flexibility index (Phi) is 6.77. The van der Waals surface area contributed by atoms with Crippen molar-refractivity contribution in [2.45, 2.75) is 18.1 Å². The number of methoxy groups -OCH3 is 2. The summed E-state index contributed by atoms with van der Waals surface area (Å²) in [5.74, 6) is 1.82. The Labute approximate surface area is 209 Å². The maximum Gasteiger partial charge on any atom is 0.233 e. The van der Waals surface area contributed by atoms with Gasteiger partial charge in [-0.1, -0.05) is 72.4 Å². The second kappa shape index (κ2) is 10.3. The van der Waals surface area contributed by atoms with E-state index in [-0.39, 0.29) is 5.91 Å². The number of ether oxygens (including phenoxy) is 2. The van der Waals surface area contributed by atoms with Gasteiger partial charge >= 0.3 is 0 Å². The number of hydrogen-bond acceptors (Lipinski definition) is 5. The number of benzene rings is 3. The van der Waals surface area contributed by atoms with Crippen LogP contribution in [0.5, 0.6) is 11.5 Å². The molecule has 1 N–H and O–H groups in total. The zero-order chi connectivity index (χ0) is 24.2. The quantitative estimate of drug-likeness (QED) is 0.353. The molecule has 178 valence electrons. The number of hydrogen-bond donors (Lipinski definition) is 1. The maximum atomic E-state index is 13.1. The summed E-state index contributed by atoms with van der Waals surface area (Å²) in [6.45, 7) is 1.25. The van der Waals surface area contributed by atoms with Crippen molar-refractivity contribution >= 4 is 17.7 Å². The van der Waals surface area contributed by atoms with Crippen LogP contribution in [0.1, 0.15) is 11.1 Å². The summed E-state index contributed by atoms with van der Waals surface area (Å²) in [6, 6.07) is 24.3. The molecule has 4 aromatic rings. The van der Waals surface area contributed by atoms with Gasteiger partial charge in [0.1, 0.15) is 0 Å². The highest BCUT2D eigenvalue weighted by Gasteiger charge is 2.23. The van der Waals surface area contributed by atoms with Crippen LogP contribution >= 0.6 is 11.8 Å². The number of aromatic nitrogens is 2. The Morgan fingerprint density at radius 3 is 2.23 bits per heavy atom. The minimum atomic E-state index is 0.0920. The zero-order valence-electron chi connectivity index (χ0n) is 19.8. The first-order chi connectivity index (χ1) is 17.2. The maximum absolute atomic E-state index is 13.1. The van der Waals surface area contributed by atoms with Crippen molar-refractivity contribution in [3.05, 3.63) is 83.9 Å². The van der Waals surface area contributed by atoms with Crippen molar-refractivity contribution in [1.29, 1.82) is 0 Å². The molecule has 0 aliphatic carbocycles. The molecule has 0 spiro atoms. The van der Waals surface area contributed by atoms with E-state index in [0.29, 0.717) is 24.6 Å². The van der Waals surface area contributed by atoms with Crippen LogP contribution in [0, 0.1) is 0 Å². The van der Waals surface area contributed by atoms with Gasteiger partial charge in [-0.25, -0.2) is 4.98 Å². The van der Waals surface area contributed by atoms with Crippen molar-refractivity contribution in [2.75, 3.05) is 26.5 Å². The summed E-state index contributed by atoms with van der Waals surface area (Å²) in [5.41, 5.74) is 6.25. The number of nitrogens with one attached hydrogen (secondary N) is 1. The first-order valence-corrected chi connectivity index (χ1v) is 12.5. The number of amides is 1. The Balaban J connectivity index is 1.32. The summed E-state index contributed by atoms with van der Waals surface area (Å²) in [5, 5.41) is 0.736. The van der Waals surface area contributed by atoms with E-state index in [1.165, 1.54) is 17.3 Å². The van der Waals surface area contributed by atoms with Crippen LogP contribution in [-0.2, 0) is 17.8 Å². The van der Waals surface area contributed by atoms with E-state index in [9.17, 15) is 4.79 Å². The smallest absolute Gasteiger partial charge is 0.233 e. The van der Waals surface area contributed by atoms with Crippen LogP contribution in [0.2, 0.25) is 0 Å². The molecule has 35 heavy (non-hydrogen) atoms. The number of imidazole rings is 1. The normalized spacial score (nSPS) is 12.8. The standard InChI is InChI=1S/C28H27N3O3S/c1-33-23-15-21-13-14-31(17-22(21)16-24(23)34-2)25(32)18-35-28-29-26(19-9-5-3-6-10-19)27(30-28)20-11-7-4-8-12-20/h3-12,15-16H,13-14,17-18H2,1-2H3,(H,29,30). The average Bonchev–Trinajstić information content (AvgIpc) is 3.36. The predicted octanol–water partition coefficient (Wildman–Crippen LogP) is 5.44. The first kappa shape index (κ1) is 23.1. The SMILES string of the molecule is COc1cc2c(cc1OC)CN(C(=O)CSc1nc(-c3ccccc3)c(-c3ccccc3)[nH]1)CC2. The van der Waals surface area contributed by atoms with E-state index in [0.717, 1.165) is 45.4 Å². The molecule has 1 amide bonds. The molecule has 1 aliphatic heterocycles. The predicted molar refractivity (Wildman–Crippen MR) is 139 cm³/mol. The van der Waals surface area contributed by atoms with Gasteiger partial charge in [0.15, 0.2) is 16.7 Å². The molecular formula is C28H27N3O3S. The van der Waals surface area contributed by atoms with E-state index in [1.807, 2.05) is 53.4 Å². The third kappa shape index (κ3) is 4.91. The Hall–Kier alpha value is -3.71. The molecule has 0 saturated heterocycles. The largest absolute Gasteiger partial charge is 0.493 e. The summed E-state index contributed by atoms with van der Waals surface area (Å²) in [4.78, 5) is 23.3. The van der Waals surface area contributed by atoms with Gasteiger partial charge in [-0.05, 0) is 29.7 Å². The molecule has 6 nitrogen and oxygen atoms in total. The number of carbonyl (C=O) groups is 1. The molecule has 0 bridgehead atoms. The van der Waals surface area contributed by atoms with Gasteiger partial charge in [-0.3, -0.25) is 4.79 Å². The molecule has 1 aliphatic rings. The van der Waals surface area contributed by atoms with Gasteiger partial charge in [0.25, 0.3) is 0 Å². The van der Waals surface area contributed by atoms with Gasteiger partial charge in [-0.2, -0.15) is 0 Å². The summed E-state index contributed by atoms with van der Waals surface area (Å²) < 4.78 is 10.9. The van der Waals surface area contributed by atoms with Crippen molar-refractivity contribution in [2.24, 2.45) is 0 Å². The minimum Gasteiger partial charge on any atom is -0.493 e. The molecule has 2 heterocycles. The van der Waals surface area contributed by atoms with Crippen molar-refractivity contribution in [3.8, 4) is 34.0 Å². The lowest BCUT2D eigenvalue weighted by Crippen LogP contribution is -2.37. The lowest BCUT2D eigenvalue weighted by Gasteiger charge is -2.29. The van der Waals surface area contributed by atoms with Crippen LogP contribution < -0.4 is 9.47 Å². The van der Waals surface area contributed by atoms with Gasteiger partial charge in [-0.15, -0.1) is 0 Å². The fraction of sp³-hybridized carbons (Fsp3) is 0.214. The number of thioether (sulfide) groups is 1. The number of rotatable bonds is 7. The van der Waals surface area contributed by atoms with Gasteiger partial charge in [0.05, 0.1) is 31.4 Å². The molecule has 7 heteroatoms. The molecule has 0 radical (unpaired) electrons. The van der Waals surface area contributed by atoms with Gasteiger partial charge in [0, 0.05) is 24.2 Å². The van der Waals surface area contributed by atoms with Gasteiger partial charge in [0.2, 0.25) is 5.91 Å². The van der Waals surface area contributed by atoms with E-state index < -0.39 is 0 Å². The summed E-state index contributed by atoms with van der Waals surface area (Å²) >= 11 is 1.44. The van der Waals surface area contributed by atoms with Crippen LogP contribution in [-0.4, -0.2) is 47.3 Å². The molecule has 0 saturated carbocycles. The van der Waals surface area contributed by atoms with Crippen LogP contribution in [0.25, 0.3) is 22.5 Å². The Morgan fingerprint density at radius 2 is 1.57 bits per heavy atom. The zero-order valence-corrected chi connectivity index (χ0v) is 20.6. The number of carbonyl (C=O) groups excluding carboxylic acids is 1. The highest BCUT2D eigenvalue weighted by Crippen LogP contribution is 2.35. The molecule has 0 atom stereocenters. The first-order valence-electron chi connectivity index (χ1n) is 11.5.